The van der Waals surface area contributed by atoms with E-state index in [2.05, 4.69) is 14.5 Å². The second-order valence-electron chi connectivity index (χ2n) is 5.62. The van der Waals surface area contributed by atoms with Gasteiger partial charge in [0.25, 0.3) is 10.2 Å². The quantitative estimate of drug-likeness (QED) is 0.768. The lowest BCUT2D eigenvalue weighted by Crippen LogP contribution is -2.46. The maximum atomic E-state index is 12.3. The van der Waals surface area contributed by atoms with Crippen molar-refractivity contribution in [3.8, 4) is 0 Å². The molecule has 0 fully saturated rings. The van der Waals surface area contributed by atoms with E-state index in [1.165, 1.54) is 8.61 Å². The zero-order valence-corrected chi connectivity index (χ0v) is 13.3. The van der Waals surface area contributed by atoms with E-state index in [9.17, 15) is 8.42 Å². The van der Waals surface area contributed by atoms with Crippen LogP contribution in [-0.2, 0) is 16.8 Å². The van der Waals surface area contributed by atoms with Crippen LogP contribution in [-0.4, -0.2) is 72.8 Å². The summed E-state index contributed by atoms with van der Waals surface area (Å²) in [6, 6.07) is 0.137. The van der Waals surface area contributed by atoms with Gasteiger partial charge >= 0.3 is 0 Å². The van der Waals surface area contributed by atoms with Gasteiger partial charge < -0.3 is 9.47 Å². The summed E-state index contributed by atoms with van der Waals surface area (Å²) in [5, 5.41) is 0. The molecule has 0 spiro atoms. The molecule has 0 unspecified atom stereocenters. The van der Waals surface area contributed by atoms with Crippen LogP contribution in [0.3, 0.4) is 0 Å². The molecule has 0 saturated carbocycles. The van der Waals surface area contributed by atoms with Gasteiger partial charge in [0.2, 0.25) is 0 Å². The first-order chi connectivity index (χ1) is 9.32. The van der Waals surface area contributed by atoms with Crippen LogP contribution >= 0.6 is 0 Å². The first-order valence-electron chi connectivity index (χ1n) is 6.65. The summed E-state index contributed by atoms with van der Waals surface area (Å²) in [6.07, 6.45) is 4.45. The summed E-state index contributed by atoms with van der Waals surface area (Å²) in [7, 11) is 3.79. The van der Waals surface area contributed by atoms with Crippen molar-refractivity contribution >= 4 is 10.2 Å². The fraction of sp³-hybridized carbons (Fsp3) is 0.750. The van der Waals surface area contributed by atoms with Gasteiger partial charge in [0.15, 0.2) is 0 Å². The SMILES string of the molecule is CN(C)CC[C@H]1CN(S(=O)(=O)N(C)C)Cc2cncn21. The van der Waals surface area contributed by atoms with Crippen molar-refractivity contribution in [3.05, 3.63) is 18.2 Å². The van der Waals surface area contributed by atoms with Gasteiger partial charge in [-0.3, -0.25) is 0 Å². The van der Waals surface area contributed by atoms with Crippen LogP contribution in [0.2, 0.25) is 0 Å². The molecule has 0 N–H and O–H groups in total. The van der Waals surface area contributed by atoms with Crippen LogP contribution in [0, 0.1) is 0 Å². The topological polar surface area (TPSA) is 61.7 Å². The number of rotatable bonds is 5. The smallest absolute Gasteiger partial charge is 0.281 e. The second-order valence-corrected chi connectivity index (χ2v) is 7.76. The minimum Gasteiger partial charge on any atom is -0.329 e. The minimum atomic E-state index is -3.38. The zero-order chi connectivity index (χ0) is 14.9. The maximum absolute atomic E-state index is 12.3. The van der Waals surface area contributed by atoms with E-state index in [-0.39, 0.29) is 6.04 Å². The lowest BCUT2D eigenvalue weighted by Gasteiger charge is -2.35. The van der Waals surface area contributed by atoms with Crippen molar-refractivity contribution in [1.29, 1.82) is 0 Å². The van der Waals surface area contributed by atoms with E-state index >= 15 is 0 Å². The summed E-state index contributed by atoms with van der Waals surface area (Å²) < 4.78 is 29.5. The van der Waals surface area contributed by atoms with Gasteiger partial charge in [0.1, 0.15) is 0 Å². The van der Waals surface area contributed by atoms with E-state index in [1.54, 1.807) is 26.6 Å². The number of aromatic nitrogens is 2. The summed E-state index contributed by atoms with van der Waals surface area (Å²) in [5.74, 6) is 0. The fourth-order valence-corrected chi connectivity index (χ4v) is 3.51. The molecular weight excluding hydrogens is 278 g/mol. The standard InChI is InChI=1S/C12H23N5O2S/c1-14(2)6-5-11-8-16(20(18,19)15(3)4)9-12-7-13-10-17(11)12/h7,10-11H,5-6,8-9H2,1-4H3/t11-/m0/s1. The van der Waals surface area contributed by atoms with Crippen molar-refractivity contribution in [2.45, 2.75) is 19.0 Å². The summed E-state index contributed by atoms with van der Waals surface area (Å²) in [6.45, 7) is 1.80. The van der Waals surface area contributed by atoms with Gasteiger partial charge in [-0.2, -0.15) is 17.0 Å². The van der Waals surface area contributed by atoms with Crippen LogP contribution in [0.1, 0.15) is 18.2 Å². The first-order valence-corrected chi connectivity index (χ1v) is 8.05. The van der Waals surface area contributed by atoms with Crippen molar-refractivity contribution in [3.63, 3.8) is 0 Å². The second kappa shape index (κ2) is 5.80. The Bertz CT molecular complexity index is 552. The van der Waals surface area contributed by atoms with Gasteiger partial charge in [0.05, 0.1) is 18.6 Å². The molecule has 2 heterocycles. The Morgan fingerprint density at radius 1 is 1.35 bits per heavy atom. The van der Waals surface area contributed by atoms with Crippen LogP contribution in [0.15, 0.2) is 12.5 Å². The molecule has 1 aliphatic heterocycles. The number of nitrogens with zero attached hydrogens (tertiary/aromatic N) is 5. The average Bonchev–Trinajstić information content (AvgIpc) is 2.83. The molecule has 0 saturated heterocycles. The summed E-state index contributed by atoms with van der Waals surface area (Å²) in [5.41, 5.74) is 0.949. The molecule has 1 aromatic heterocycles. The predicted octanol–water partition coefficient (Wildman–Crippen LogP) is -0.00210. The Labute approximate surface area is 121 Å². The lowest BCUT2D eigenvalue weighted by molar-refractivity contribution is 0.244. The molecule has 7 nitrogen and oxygen atoms in total. The highest BCUT2D eigenvalue weighted by atomic mass is 32.2. The van der Waals surface area contributed by atoms with Gasteiger partial charge in [-0.05, 0) is 27.1 Å². The molecule has 0 amide bonds. The molecule has 0 aromatic carbocycles. The third-order valence-electron chi connectivity index (χ3n) is 3.59. The number of imidazole rings is 1. The zero-order valence-electron chi connectivity index (χ0n) is 12.5. The summed E-state index contributed by atoms with van der Waals surface area (Å²) >= 11 is 0. The van der Waals surface area contributed by atoms with Crippen molar-refractivity contribution in [2.75, 3.05) is 41.3 Å². The Morgan fingerprint density at radius 2 is 2.05 bits per heavy atom. The third-order valence-corrected chi connectivity index (χ3v) is 5.44. The number of fused-ring (bicyclic) bond motifs is 1. The Hall–Kier alpha value is -0.960. The van der Waals surface area contributed by atoms with Gasteiger partial charge in [-0.15, -0.1) is 0 Å². The predicted molar refractivity (Wildman–Crippen MR) is 77.5 cm³/mol. The van der Waals surface area contributed by atoms with Crippen LogP contribution in [0.4, 0.5) is 0 Å². The van der Waals surface area contributed by atoms with Crippen molar-refractivity contribution in [1.82, 2.24) is 23.1 Å². The van der Waals surface area contributed by atoms with Gasteiger partial charge in [0, 0.05) is 32.9 Å². The molecule has 0 aliphatic carbocycles. The molecule has 1 aliphatic rings. The Kier molecular flexibility index (Phi) is 4.48. The Morgan fingerprint density at radius 3 is 2.65 bits per heavy atom. The van der Waals surface area contributed by atoms with Crippen LogP contribution < -0.4 is 0 Å². The van der Waals surface area contributed by atoms with E-state index in [0.717, 1.165) is 18.7 Å². The molecule has 20 heavy (non-hydrogen) atoms. The fourth-order valence-electron chi connectivity index (χ4n) is 2.40. The van der Waals surface area contributed by atoms with E-state index in [4.69, 9.17) is 0 Å². The lowest BCUT2D eigenvalue weighted by atomic mass is 10.1. The average molecular weight is 301 g/mol. The van der Waals surface area contributed by atoms with E-state index < -0.39 is 10.2 Å². The van der Waals surface area contributed by atoms with E-state index in [0.29, 0.717) is 13.1 Å². The van der Waals surface area contributed by atoms with Gasteiger partial charge in [-0.1, -0.05) is 0 Å². The molecule has 0 bridgehead atoms. The van der Waals surface area contributed by atoms with Crippen LogP contribution in [0.5, 0.6) is 0 Å². The number of hydrogen-bond donors (Lipinski definition) is 0. The molecule has 1 atom stereocenters. The largest absolute Gasteiger partial charge is 0.329 e. The summed E-state index contributed by atoms with van der Waals surface area (Å²) in [4.78, 5) is 6.26. The van der Waals surface area contributed by atoms with Crippen LogP contribution in [0.25, 0.3) is 0 Å². The highest BCUT2D eigenvalue weighted by Gasteiger charge is 2.33. The molecule has 114 valence electrons. The van der Waals surface area contributed by atoms with Gasteiger partial charge in [-0.25, -0.2) is 4.98 Å². The third kappa shape index (κ3) is 3.03. The van der Waals surface area contributed by atoms with Crippen molar-refractivity contribution in [2.24, 2.45) is 0 Å². The molecule has 8 heteroatoms. The Balaban J connectivity index is 2.22. The highest BCUT2D eigenvalue weighted by Crippen LogP contribution is 2.26. The molecular formula is C12H23N5O2S. The monoisotopic (exact) mass is 301 g/mol. The highest BCUT2D eigenvalue weighted by molar-refractivity contribution is 7.86. The molecule has 1 aromatic rings. The molecule has 0 radical (unpaired) electrons. The molecule has 2 rings (SSSR count). The number of hydrogen-bond acceptors (Lipinski definition) is 4. The minimum absolute atomic E-state index is 0.137. The van der Waals surface area contributed by atoms with Crippen molar-refractivity contribution < 1.29 is 8.42 Å². The maximum Gasteiger partial charge on any atom is 0.281 e. The normalized spacial score (nSPS) is 20.6. The van der Waals surface area contributed by atoms with E-state index in [1.807, 2.05) is 14.1 Å². The first kappa shape index (κ1) is 15.4.